The van der Waals surface area contributed by atoms with Crippen molar-refractivity contribution >= 4 is 46.4 Å². The largest absolute Gasteiger partial charge is 0.322 e. The molecule has 0 aliphatic rings. The summed E-state index contributed by atoms with van der Waals surface area (Å²) < 4.78 is 14.1. The molecule has 0 saturated carbocycles. The van der Waals surface area contributed by atoms with Gasteiger partial charge in [-0.1, -0.05) is 53.5 Å². The Kier molecular flexibility index (Phi) is 6.06. The molecule has 2 aromatic carbocycles. The maximum absolute atomic E-state index is 14.1. The molecule has 6 nitrogen and oxygen atoms in total. The number of nitrogens with zero attached hydrogens (tertiary/aromatic N) is 3. The summed E-state index contributed by atoms with van der Waals surface area (Å²) in [6.07, 6.45) is 4.60. The summed E-state index contributed by atoms with van der Waals surface area (Å²) in [7, 11) is 0. The van der Waals surface area contributed by atoms with Gasteiger partial charge < -0.3 is 10.6 Å². The van der Waals surface area contributed by atoms with E-state index >= 15 is 0 Å². The van der Waals surface area contributed by atoms with Crippen molar-refractivity contribution in [3.05, 3.63) is 94.7 Å². The van der Waals surface area contributed by atoms with Crippen molar-refractivity contribution in [1.29, 1.82) is 0 Å². The number of rotatable bonds is 5. The van der Waals surface area contributed by atoms with Gasteiger partial charge in [-0.2, -0.15) is 0 Å². The second-order valence-electron chi connectivity index (χ2n) is 6.38. The number of carbonyl (C=O) groups is 1. The summed E-state index contributed by atoms with van der Waals surface area (Å²) in [5.74, 6) is -1.07. The second-order valence-corrected chi connectivity index (χ2v) is 7.19. The van der Waals surface area contributed by atoms with Crippen molar-refractivity contribution in [2.45, 2.75) is 0 Å². The Labute approximate surface area is 187 Å². The van der Waals surface area contributed by atoms with Crippen molar-refractivity contribution in [2.24, 2.45) is 0 Å². The molecule has 0 fully saturated rings. The number of aromatic nitrogens is 3. The Morgan fingerprint density at radius 3 is 2.52 bits per heavy atom. The summed E-state index contributed by atoms with van der Waals surface area (Å²) >= 11 is 11.7. The molecule has 0 bridgehead atoms. The number of halogens is 3. The average Bonchev–Trinajstić information content (AvgIpc) is 2.78. The summed E-state index contributed by atoms with van der Waals surface area (Å²) in [5, 5.41) is 5.77. The van der Waals surface area contributed by atoms with Gasteiger partial charge in [0.15, 0.2) is 0 Å². The van der Waals surface area contributed by atoms with E-state index in [1.165, 1.54) is 18.3 Å². The van der Waals surface area contributed by atoms with E-state index in [1.54, 1.807) is 12.4 Å². The normalized spacial score (nSPS) is 10.5. The highest BCUT2D eigenvalue weighted by Crippen LogP contribution is 2.30. The Balaban J connectivity index is 1.57. The van der Waals surface area contributed by atoms with Crippen LogP contribution in [0.1, 0.15) is 10.5 Å². The number of amides is 1. The van der Waals surface area contributed by atoms with Crippen LogP contribution >= 0.6 is 23.2 Å². The van der Waals surface area contributed by atoms with Gasteiger partial charge in [0.2, 0.25) is 5.95 Å². The third-order valence-electron chi connectivity index (χ3n) is 4.30. The fourth-order valence-corrected chi connectivity index (χ4v) is 3.15. The predicted octanol–water partition coefficient (Wildman–Crippen LogP) is 5.98. The van der Waals surface area contributed by atoms with Crippen molar-refractivity contribution < 1.29 is 9.18 Å². The highest BCUT2D eigenvalue weighted by Gasteiger charge is 2.14. The first-order chi connectivity index (χ1) is 15.0. The van der Waals surface area contributed by atoms with Crippen molar-refractivity contribution in [1.82, 2.24) is 15.0 Å². The van der Waals surface area contributed by atoms with Crippen LogP contribution < -0.4 is 10.6 Å². The van der Waals surface area contributed by atoms with E-state index in [0.717, 1.165) is 17.2 Å². The van der Waals surface area contributed by atoms with E-state index in [0.29, 0.717) is 5.69 Å². The molecule has 0 atom stereocenters. The molecule has 2 aromatic heterocycles. The minimum Gasteiger partial charge on any atom is -0.322 e. The van der Waals surface area contributed by atoms with Crippen molar-refractivity contribution in [2.75, 3.05) is 10.6 Å². The molecule has 1 amide bonds. The van der Waals surface area contributed by atoms with Gasteiger partial charge >= 0.3 is 0 Å². The van der Waals surface area contributed by atoms with Crippen LogP contribution in [0.25, 0.3) is 11.1 Å². The molecule has 2 heterocycles. The first-order valence-electron chi connectivity index (χ1n) is 9.06. The zero-order valence-electron chi connectivity index (χ0n) is 15.8. The van der Waals surface area contributed by atoms with Gasteiger partial charge in [-0.3, -0.25) is 9.78 Å². The number of nitrogens with one attached hydrogen (secondary N) is 2. The summed E-state index contributed by atoms with van der Waals surface area (Å²) in [5.41, 5.74) is 2.39. The Hall–Kier alpha value is -3.55. The number of benzene rings is 2. The zero-order chi connectivity index (χ0) is 21.8. The number of anilines is 3. The van der Waals surface area contributed by atoms with Crippen molar-refractivity contribution in [3.8, 4) is 11.1 Å². The highest BCUT2D eigenvalue weighted by atomic mass is 35.5. The molecule has 31 heavy (non-hydrogen) atoms. The molecule has 0 unspecified atom stereocenters. The van der Waals surface area contributed by atoms with Crippen LogP contribution in [0.2, 0.25) is 10.0 Å². The minimum atomic E-state index is -0.629. The summed E-state index contributed by atoms with van der Waals surface area (Å²) in [6, 6.07) is 15.3. The Morgan fingerprint density at radius 2 is 1.71 bits per heavy atom. The average molecular weight is 454 g/mol. The van der Waals surface area contributed by atoms with Gasteiger partial charge in [0.1, 0.15) is 11.5 Å². The molecule has 154 valence electrons. The van der Waals surface area contributed by atoms with Crippen molar-refractivity contribution in [3.63, 3.8) is 0 Å². The fraction of sp³-hybridized carbons (Fsp3) is 0. The van der Waals surface area contributed by atoms with Crippen LogP contribution in [0.4, 0.5) is 21.7 Å². The quantitative estimate of drug-likeness (QED) is 0.363. The maximum Gasteiger partial charge on any atom is 0.274 e. The van der Waals surface area contributed by atoms with E-state index in [4.69, 9.17) is 23.2 Å². The Bertz CT molecular complexity index is 1250. The topological polar surface area (TPSA) is 79.8 Å². The molecule has 2 N–H and O–H groups in total. The molecule has 4 aromatic rings. The smallest absolute Gasteiger partial charge is 0.274 e. The molecule has 0 radical (unpaired) electrons. The highest BCUT2D eigenvalue weighted by molar-refractivity contribution is 6.42. The molecular weight excluding hydrogens is 440 g/mol. The predicted molar refractivity (Wildman–Crippen MR) is 119 cm³/mol. The second kappa shape index (κ2) is 9.07. The lowest BCUT2D eigenvalue weighted by Gasteiger charge is -2.11. The van der Waals surface area contributed by atoms with Crippen LogP contribution in [0.3, 0.4) is 0 Å². The summed E-state index contributed by atoms with van der Waals surface area (Å²) in [6.45, 7) is 0. The lowest BCUT2D eigenvalue weighted by atomic mass is 10.1. The number of hydrogen-bond acceptors (Lipinski definition) is 5. The number of pyridine rings is 1. The first-order valence-corrected chi connectivity index (χ1v) is 9.82. The van der Waals surface area contributed by atoms with Gasteiger partial charge in [-0.25, -0.2) is 14.4 Å². The SMILES string of the molecule is O=C(Nc1cnccc1-c1ccccc1)c1ccnc(Nc2cc(Cl)c(Cl)cc2F)n1. The van der Waals surface area contributed by atoms with Gasteiger partial charge in [0, 0.05) is 18.0 Å². The lowest BCUT2D eigenvalue weighted by Crippen LogP contribution is -2.15. The van der Waals surface area contributed by atoms with Gasteiger partial charge in [-0.05, 0) is 29.8 Å². The minimum absolute atomic E-state index is 0.0272. The van der Waals surface area contributed by atoms with Crippen LogP contribution in [0.15, 0.2) is 73.2 Å². The fourth-order valence-electron chi connectivity index (χ4n) is 2.83. The Morgan fingerprint density at radius 1 is 0.935 bits per heavy atom. The molecule has 9 heteroatoms. The third kappa shape index (κ3) is 4.79. The molecule has 4 rings (SSSR count). The van der Waals surface area contributed by atoms with E-state index < -0.39 is 11.7 Å². The van der Waals surface area contributed by atoms with Crippen LogP contribution in [-0.2, 0) is 0 Å². The number of carbonyl (C=O) groups excluding carboxylic acids is 1. The van der Waals surface area contributed by atoms with Crippen LogP contribution in [0, 0.1) is 5.82 Å². The van der Waals surface area contributed by atoms with E-state index in [9.17, 15) is 9.18 Å². The van der Waals surface area contributed by atoms with Gasteiger partial charge in [0.25, 0.3) is 5.91 Å². The molecule has 0 spiro atoms. The summed E-state index contributed by atoms with van der Waals surface area (Å²) in [4.78, 5) is 25.1. The standard InChI is InChI=1S/C22H14Cl2FN5O/c23-15-10-17(25)19(11-16(15)24)30-22-27-9-7-18(29-22)21(31)28-20-12-26-8-6-14(20)13-4-2-1-3-5-13/h1-12H,(H,28,31)(H,27,29,30). The van der Waals surface area contributed by atoms with Crippen LogP contribution in [0.5, 0.6) is 0 Å². The van der Waals surface area contributed by atoms with E-state index in [2.05, 4.69) is 25.6 Å². The molecule has 0 saturated heterocycles. The van der Waals surface area contributed by atoms with E-state index in [-0.39, 0.29) is 27.4 Å². The monoisotopic (exact) mass is 453 g/mol. The van der Waals surface area contributed by atoms with Crippen LogP contribution in [-0.4, -0.2) is 20.9 Å². The first kappa shape index (κ1) is 20.7. The molecule has 0 aliphatic heterocycles. The lowest BCUT2D eigenvalue weighted by molar-refractivity contribution is 0.102. The maximum atomic E-state index is 14.1. The van der Waals surface area contributed by atoms with Gasteiger partial charge in [-0.15, -0.1) is 0 Å². The molecule has 0 aliphatic carbocycles. The van der Waals surface area contributed by atoms with Gasteiger partial charge in [0.05, 0.1) is 27.6 Å². The third-order valence-corrected chi connectivity index (χ3v) is 5.02. The van der Waals surface area contributed by atoms with E-state index in [1.807, 2.05) is 36.4 Å². The molecular formula is C22H14Cl2FN5O. The zero-order valence-corrected chi connectivity index (χ0v) is 17.3. The number of hydrogen-bond donors (Lipinski definition) is 2.